The topological polar surface area (TPSA) is 70.4 Å². The van der Waals surface area contributed by atoms with Gasteiger partial charge in [0.05, 0.1) is 18.0 Å². The molecular weight excluding hydrogens is 292 g/mol. The number of hydrogen-bond donors (Lipinski definition) is 2. The van der Waals surface area contributed by atoms with Crippen molar-refractivity contribution in [2.24, 2.45) is 7.05 Å². The summed E-state index contributed by atoms with van der Waals surface area (Å²) < 4.78 is 1.65. The van der Waals surface area contributed by atoms with Crippen LogP contribution in [0.1, 0.15) is 30.9 Å². The lowest BCUT2D eigenvalue weighted by Gasteiger charge is -2.26. The smallest absolute Gasteiger partial charge is 0.322 e. The van der Waals surface area contributed by atoms with E-state index in [9.17, 15) is 9.90 Å². The average Bonchev–Trinajstić information content (AvgIpc) is 3.17. The zero-order chi connectivity index (χ0) is 16.2. The number of nitrogens with one attached hydrogen (secondary N) is 1. The Kier molecular flexibility index (Phi) is 4.62. The summed E-state index contributed by atoms with van der Waals surface area (Å²) >= 11 is 0. The second-order valence-corrected chi connectivity index (χ2v) is 5.98. The SMILES string of the molecule is Cn1cc(NC(=O)N2CCCC2CC(O)c2ccccc2)cn1. The zero-order valence-corrected chi connectivity index (χ0v) is 13.2. The Morgan fingerprint density at radius 1 is 1.43 bits per heavy atom. The summed E-state index contributed by atoms with van der Waals surface area (Å²) in [6.07, 6.45) is 5.29. The zero-order valence-electron chi connectivity index (χ0n) is 13.2. The molecule has 0 saturated carbocycles. The quantitative estimate of drug-likeness (QED) is 0.911. The van der Waals surface area contributed by atoms with Gasteiger partial charge in [-0.2, -0.15) is 5.10 Å². The fourth-order valence-electron chi connectivity index (χ4n) is 3.10. The molecule has 1 fully saturated rings. The summed E-state index contributed by atoms with van der Waals surface area (Å²) in [7, 11) is 1.81. The van der Waals surface area contributed by atoms with Crippen molar-refractivity contribution < 1.29 is 9.90 Å². The molecule has 6 heteroatoms. The van der Waals surface area contributed by atoms with Crippen LogP contribution in [0.25, 0.3) is 0 Å². The van der Waals surface area contributed by atoms with Crippen LogP contribution >= 0.6 is 0 Å². The molecular formula is C17H22N4O2. The van der Waals surface area contributed by atoms with E-state index in [1.165, 1.54) is 0 Å². The van der Waals surface area contributed by atoms with Crippen LogP contribution in [0.2, 0.25) is 0 Å². The van der Waals surface area contributed by atoms with E-state index >= 15 is 0 Å². The van der Waals surface area contributed by atoms with Crippen molar-refractivity contribution in [2.45, 2.75) is 31.4 Å². The molecule has 3 rings (SSSR count). The Balaban J connectivity index is 1.62. The van der Waals surface area contributed by atoms with E-state index < -0.39 is 6.10 Å². The number of urea groups is 1. The number of amides is 2. The predicted octanol–water partition coefficient (Wildman–Crippen LogP) is 2.54. The van der Waals surface area contributed by atoms with Crippen LogP contribution in [-0.4, -0.2) is 38.4 Å². The Labute approximate surface area is 135 Å². The standard InChI is InChI=1S/C17H22N4O2/c1-20-12-14(11-18-20)19-17(23)21-9-5-8-15(21)10-16(22)13-6-3-2-4-7-13/h2-4,6-7,11-12,15-16,22H,5,8-10H2,1H3,(H,19,23). The van der Waals surface area contributed by atoms with Gasteiger partial charge in [0.15, 0.2) is 0 Å². The van der Waals surface area contributed by atoms with E-state index in [0.717, 1.165) is 24.9 Å². The maximum absolute atomic E-state index is 12.4. The van der Waals surface area contributed by atoms with E-state index in [1.54, 1.807) is 17.1 Å². The van der Waals surface area contributed by atoms with Gasteiger partial charge < -0.3 is 15.3 Å². The summed E-state index contributed by atoms with van der Waals surface area (Å²) in [6.45, 7) is 0.721. The molecule has 1 aromatic heterocycles. The number of aryl methyl sites for hydroxylation is 1. The third kappa shape index (κ3) is 3.71. The van der Waals surface area contributed by atoms with Crippen molar-refractivity contribution in [3.63, 3.8) is 0 Å². The molecule has 122 valence electrons. The summed E-state index contributed by atoms with van der Waals surface area (Å²) in [5, 5.41) is 17.3. The lowest BCUT2D eigenvalue weighted by atomic mass is 10.0. The van der Waals surface area contributed by atoms with E-state index in [1.807, 2.05) is 42.3 Å². The Morgan fingerprint density at radius 3 is 2.91 bits per heavy atom. The summed E-state index contributed by atoms with van der Waals surface area (Å²) in [4.78, 5) is 14.3. The molecule has 0 aliphatic carbocycles. The van der Waals surface area contributed by atoms with Crippen LogP contribution in [0.3, 0.4) is 0 Å². The number of nitrogens with zero attached hydrogens (tertiary/aromatic N) is 3. The van der Waals surface area contributed by atoms with Gasteiger partial charge >= 0.3 is 6.03 Å². The first-order valence-electron chi connectivity index (χ1n) is 7.93. The molecule has 1 aliphatic heterocycles. The number of carbonyl (C=O) groups is 1. The van der Waals surface area contributed by atoms with Crippen molar-refractivity contribution >= 4 is 11.7 Å². The van der Waals surface area contributed by atoms with Crippen LogP contribution in [0.15, 0.2) is 42.7 Å². The minimum atomic E-state index is -0.548. The molecule has 6 nitrogen and oxygen atoms in total. The van der Waals surface area contributed by atoms with Crippen molar-refractivity contribution in [1.29, 1.82) is 0 Å². The minimum Gasteiger partial charge on any atom is -0.388 e. The lowest BCUT2D eigenvalue weighted by Crippen LogP contribution is -2.39. The number of rotatable bonds is 4. The third-order valence-corrected chi connectivity index (χ3v) is 4.27. The number of aliphatic hydroxyl groups is 1. The number of aromatic nitrogens is 2. The Morgan fingerprint density at radius 2 is 2.22 bits per heavy atom. The van der Waals surface area contributed by atoms with E-state index in [-0.39, 0.29) is 12.1 Å². The van der Waals surface area contributed by atoms with Gasteiger partial charge in [-0.1, -0.05) is 30.3 Å². The molecule has 0 spiro atoms. The minimum absolute atomic E-state index is 0.0573. The van der Waals surface area contributed by atoms with Crippen molar-refractivity contribution in [3.05, 3.63) is 48.3 Å². The van der Waals surface area contributed by atoms with Crippen LogP contribution in [-0.2, 0) is 7.05 Å². The average molecular weight is 314 g/mol. The van der Waals surface area contributed by atoms with Crippen molar-refractivity contribution in [1.82, 2.24) is 14.7 Å². The number of likely N-dealkylation sites (tertiary alicyclic amines) is 1. The first kappa shape index (κ1) is 15.6. The molecule has 2 unspecified atom stereocenters. The lowest BCUT2D eigenvalue weighted by molar-refractivity contribution is 0.130. The fraction of sp³-hybridized carbons (Fsp3) is 0.412. The molecule has 2 atom stereocenters. The molecule has 1 aliphatic rings. The normalized spacial score (nSPS) is 18.9. The molecule has 2 aromatic rings. The molecule has 2 heterocycles. The van der Waals surface area contributed by atoms with Crippen LogP contribution < -0.4 is 5.32 Å². The molecule has 2 N–H and O–H groups in total. The van der Waals surface area contributed by atoms with Gasteiger partial charge in [0.2, 0.25) is 0 Å². The van der Waals surface area contributed by atoms with Crippen LogP contribution in [0.5, 0.6) is 0 Å². The highest BCUT2D eigenvalue weighted by Crippen LogP contribution is 2.27. The second kappa shape index (κ2) is 6.83. The van der Waals surface area contributed by atoms with Gasteiger partial charge in [-0.05, 0) is 24.8 Å². The summed E-state index contributed by atoms with van der Waals surface area (Å²) in [6, 6.07) is 9.53. The predicted molar refractivity (Wildman–Crippen MR) is 88.0 cm³/mol. The number of benzene rings is 1. The van der Waals surface area contributed by atoms with Crippen LogP contribution in [0.4, 0.5) is 10.5 Å². The number of aliphatic hydroxyl groups excluding tert-OH is 1. The van der Waals surface area contributed by atoms with Crippen molar-refractivity contribution in [2.75, 3.05) is 11.9 Å². The van der Waals surface area contributed by atoms with Gasteiger partial charge in [-0.15, -0.1) is 0 Å². The van der Waals surface area contributed by atoms with E-state index in [4.69, 9.17) is 0 Å². The van der Waals surface area contributed by atoms with Gasteiger partial charge in [-0.3, -0.25) is 4.68 Å². The summed E-state index contributed by atoms with van der Waals surface area (Å²) in [5.41, 5.74) is 1.58. The fourth-order valence-corrected chi connectivity index (χ4v) is 3.10. The largest absolute Gasteiger partial charge is 0.388 e. The monoisotopic (exact) mass is 314 g/mol. The highest BCUT2D eigenvalue weighted by Gasteiger charge is 2.30. The molecule has 1 saturated heterocycles. The van der Waals surface area contributed by atoms with E-state index in [0.29, 0.717) is 12.1 Å². The second-order valence-electron chi connectivity index (χ2n) is 5.98. The molecule has 23 heavy (non-hydrogen) atoms. The highest BCUT2D eigenvalue weighted by molar-refractivity contribution is 5.89. The molecule has 1 aromatic carbocycles. The van der Waals surface area contributed by atoms with E-state index in [2.05, 4.69) is 10.4 Å². The van der Waals surface area contributed by atoms with Gasteiger partial charge in [0, 0.05) is 25.8 Å². The first-order valence-corrected chi connectivity index (χ1v) is 7.93. The number of anilines is 1. The third-order valence-electron chi connectivity index (χ3n) is 4.27. The van der Waals surface area contributed by atoms with Gasteiger partial charge in [-0.25, -0.2) is 4.79 Å². The van der Waals surface area contributed by atoms with Gasteiger partial charge in [0.1, 0.15) is 0 Å². The van der Waals surface area contributed by atoms with Gasteiger partial charge in [0.25, 0.3) is 0 Å². The maximum atomic E-state index is 12.4. The number of hydrogen-bond acceptors (Lipinski definition) is 3. The van der Waals surface area contributed by atoms with Crippen molar-refractivity contribution in [3.8, 4) is 0 Å². The molecule has 0 radical (unpaired) electrons. The highest BCUT2D eigenvalue weighted by atomic mass is 16.3. The van der Waals surface area contributed by atoms with Crippen LogP contribution in [0, 0.1) is 0 Å². The Hall–Kier alpha value is -2.34. The maximum Gasteiger partial charge on any atom is 0.322 e. The first-order chi connectivity index (χ1) is 11.1. The molecule has 0 bridgehead atoms. The molecule has 2 amide bonds. The summed E-state index contributed by atoms with van der Waals surface area (Å²) in [5.74, 6) is 0. The number of carbonyl (C=O) groups excluding carboxylic acids is 1. The Bertz CT molecular complexity index is 656.